The SMILES string of the molecule is CCOc1cc(/C=C2\SC(=O)N(Cc3ccc4ccccc4c3)C2=O)ccc1OCC(=O)Nc1cccc(C)c1C. The highest BCUT2D eigenvalue weighted by atomic mass is 32.2. The lowest BCUT2D eigenvalue weighted by molar-refractivity contribution is -0.123. The van der Waals surface area contributed by atoms with Crippen LogP contribution in [0.3, 0.4) is 0 Å². The van der Waals surface area contributed by atoms with Gasteiger partial charge in [-0.2, -0.15) is 0 Å². The van der Waals surface area contributed by atoms with Gasteiger partial charge in [0, 0.05) is 5.69 Å². The summed E-state index contributed by atoms with van der Waals surface area (Å²) < 4.78 is 11.5. The molecule has 1 aliphatic rings. The Bertz CT molecular complexity index is 1680. The van der Waals surface area contributed by atoms with Gasteiger partial charge in [-0.25, -0.2) is 0 Å². The molecule has 5 rings (SSSR count). The van der Waals surface area contributed by atoms with E-state index in [1.807, 2.05) is 81.4 Å². The molecule has 4 aromatic rings. The van der Waals surface area contributed by atoms with Crippen LogP contribution >= 0.6 is 11.8 Å². The maximum atomic E-state index is 13.2. The minimum absolute atomic E-state index is 0.194. The molecule has 3 amide bonds. The van der Waals surface area contributed by atoms with Crippen molar-refractivity contribution >= 4 is 51.4 Å². The number of imide groups is 1. The maximum Gasteiger partial charge on any atom is 0.293 e. The van der Waals surface area contributed by atoms with Crippen LogP contribution in [0.4, 0.5) is 10.5 Å². The van der Waals surface area contributed by atoms with Gasteiger partial charge in [0.05, 0.1) is 18.1 Å². The summed E-state index contributed by atoms with van der Waals surface area (Å²) in [7, 11) is 0. The van der Waals surface area contributed by atoms with Crippen molar-refractivity contribution in [3.05, 3.63) is 106 Å². The molecule has 0 aliphatic carbocycles. The molecule has 7 nitrogen and oxygen atoms in total. The molecule has 4 aromatic carbocycles. The first-order chi connectivity index (χ1) is 19.8. The van der Waals surface area contributed by atoms with E-state index in [4.69, 9.17) is 9.47 Å². The summed E-state index contributed by atoms with van der Waals surface area (Å²) in [5, 5.41) is 4.73. The van der Waals surface area contributed by atoms with Crippen LogP contribution in [0, 0.1) is 13.8 Å². The van der Waals surface area contributed by atoms with Crippen molar-refractivity contribution in [2.75, 3.05) is 18.5 Å². The summed E-state index contributed by atoms with van der Waals surface area (Å²) in [5.41, 5.74) is 4.39. The number of amides is 3. The van der Waals surface area contributed by atoms with Crippen LogP contribution in [-0.2, 0) is 16.1 Å². The summed E-state index contributed by atoms with van der Waals surface area (Å²) >= 11 is 0.914. The summed E-state index contributed by atoms with van der Waals surface area (Å²) in [5.74, 6) is 0.223. The predicted molar refractivity (Wildman–Crippen MR) is 163 cm³/mol. The molecular formula is C33H30N2O5S. The van der Waals surface area contributed by atoms with Crippen LogP contribution in [0.5, 0.6) is 11.5 Å². The number of hydrogen-bond donors (Lipinski definition) is 1. The smallest absolute Gasteiger partial charge is 0.293 e. The van der Waals surface area contributed by atoms with Crippen LogP contribution in [-0.4, -0.2) is 35.2 Å². The van der Waals surface area contributed by atoms with Crippen molar-refractivity contribution in [1.82, 2.24) is 4.90 Å². The van der Waals surface area contributed by atoms with Crippen LogP contribution < -0.4 is 14.8 Å². The van der Waals surface area contributed by atoms with Gasteiger partial charge in [-0.15, -0.1) is 0 Å². The summed E-state index contributed by atoms with van der Waals surface area (Å²) in [6.07, 6.45) is 1.67. The van der Waals surface area contributed by atoms with Crippen molar-refractivity contribution in [2.24, 2.45) is 0 Å². The molecule has 1 saturated heterocycles. The first-order valence-corrected chi connectivity index (χ1v) is 14.1. The van der Waals surface area contributed by atoms with E-state index >= 15 is 0 Å². The Hall–Kier alpha value is -4.56. The number of rotatable bonds is 9. The highest BCUT2D eigenvalue weighted by molar-refractivity contribution is 8.18. The lowest BCUT2D eigenvalue weighted by Crippen LogP contribution is -2.27. The molecule has 208 valence electrons. The number of nitrogens with zero attached hydrogens (tertiary/aromatic N) is 1. The molecule has 1 heterocycles. The Morgan fingerprint density at radius 1 is 0.902 bits per heavy atom. The molecule has 0 unspecified atom stereocenters. The minimum Gasteiger partial charge on any atom is -0.490 e. The lowest BCUT2D eigenvalue weighted by Gasteiger charge is -2.14. The average molecular weight is 567 g/mol. The molecule has 1 N–H and O–H groups in total. The highest BCUT2D eigenvalue weighted by Crippen LogP contribution is 2.35. The van der Waals surface area contributed by atoms with Crippen molar-refractivity contribution in [3.8, 4) is 11.5 Å². The first-order valence-electron chi connectivity index (χ1n) is 13.3. The molecular weight excluding hydrogens is 536 g/mol. The fourth-order valence-corrected chi connectivity index (χ4v) is 5.36. The number of thioether (sulfide) groups is 1. The number of benzene rings is 4. The fraction of sp³-hybridized carbons (Fsp3) is 0.182. The van der Waals surface area contributed by atoms with E-state index in [-0.39, 0.29) is 30.2 Å². The van der Waals surface area contributed by atoms with Crippen molar-refractivity contribution in [3.63, 3.8) is 0 Å². The Morgan fingerprint density at radius 2 is 1.71 bits per heavy atom. The molecule has 0 atom stereocenters. The van der Waals surface area contributed by atoms with Crippen LogP contribution in [0.1, 0.15) is 29.2 Å². The van der Waals surface area contributed by atoms with Crippen LogP contribution in [0.2, 0.25) is 0 Å². The van der Waals surface area contributed by atoms with Gasteiger partial charge in [0.1, 0.15) is 0 Å². The van der Waals surface area contributed by atoms with Crippen molar-refractivity contribution in [1.29, 1.82) is 0 Å². The van der Waals surface area contributed by atoms with E-state index in [0.29, 0.717) is 28.6 Å². The standard InChI is InChI=1S/C33H30N2O5S/c1-4-39-29-17-23(13-15-28(29)40-20-31(36)34-27-11-7-8-21(2)22(27)3)18-30-32(37)35(33(38)41-30)19-24-12-14-25-9-5-6-10-26(25)16-24/h5-18H,4,19-20H2,1-3H3,(H,34,36)/b30-18-. The third-order valence-corrected chi connectivity index (χ3v) is 7.74. The molecule has 1 fully saturated rings. The lowest BCUT2D eigenvalue weighted by atomic mass is 10.1. The molecule has 8 heteroatoms. The number of nitrogens with one attached hydrogen (secondary N) is 1. The topological polar surface area (TPSA) is 84.9 Å². The molecule has 1 aliphatic heterocycles. The summed E-state index contributed by atoms with van der Waals surface area (Å²) in [6.45, 7) is 6.19. The molecule has 0 bridgehead atoms. The highest BCUT2D eigenvalue weighted by Gasteiger charge is 2.35. The summed E-state index contributed by atoms with van der Waals surface area (Å²) in [4.78, 5) is 40.0. The van der Waals surface area contributed by atoms with Crippen molar-refractivity contribution < 1.29 is 23.9 Å². The second kappa shape index (κ2) is 12.3. The largest absolute Gasteiger partial charge is 0.490 e. The molecule has 0 aromatic heterocycles. The van der Waals surface area contributed by atoms with E-state index in [0.717, 1.165) is 44.9 Å². The maximum absolute atomic E-state index is 13.2. The molecule has 0 saturated carbocycles. The van der Waals surface area contributed by atoms with E-state index in [9.17, 15) is 14.4 Å². The van der Waals surface area contributed by atoms with Crippen LogP contribution in [0.25, 0.3) is 16.8 Å². The van der Waals surface area contributed by atoms with Gasteiger partial charge in [-0.1, -0.05) is 54.6 Å². The van der Waals surface area contributed by atoms with Gasteiger partial charge in [-0.05, 0) is 95.9 Å². The quantitative estimate of drug-likeness (QED) is 0.217. The zero-order valence-corrected chi connectivity index (χ0v) is 23.9. The monoisotopic (exact) mass is 566 g/mol. The van der Waals surface area contributed by atoms with E-state index in [2.05, 4.69) is 5.32 Å². The van der Waals surface area contributed by atoms with Gasteiger partial charge >= 0.3 is 0 Å². The van der Waals surface area contributed by atoms with E-state index in [1.54, 1.807) is 24.3 Å². The number of hydrogen-bond acceptors (Lipinski definition) is 6. The Balaban J connectivity index is 1.27. The van der Waals surface area contributed by atoms with E-state index in [1.165, 1.54) is 4.90 Å². The first kappa shape index (κ1) is 28.0. The normalized spacial score (nSPS) is 14.1. The zero-order valence-electron chi connectivity index (χ0n) is 23.1. The fourth-order valence-electron chi connectivity index (χ4n) is 4.53. The predicted octanol–water partition coefficient (Wildman–Crippen LogP) is 7.11. The van der Waals surface area contributed by atoms with Crippen LogP contribution in [0.15, 0.2) is 83.8 Å². The molecule has 0 radical (unpaired) electrons. The number of aryl methyl sites for hydroxylation is 1. The summed E-state index contributed by atoms with van der Waals surface area (Å²) in [6, 6.07) is 24.8. The number of carbonyl (C=O) groups is 3. The third-order valence-electron chi connectivity index (χ3n) is 6.83. The average Bonchev–Trinajstić information content (AvgIpc) is 3.22. The molecule has 0 spiro atoms. The van der Waals surface area contributed by atoms with Crippen molar-refractivity contribution in [2.45, 2.75) is 27.3 Å². The second-order valence-electron chi connectivity index (χ2n) is 9.67. The minimum atomic E-state index is -0.338. The number of fused-ring (bicyclic) bond motifs is 1. The second-order valence-corrected chi connectivity index (χ2v) is 10.7. The Labute approximate surface area is 243 Å². The third kappa shape index (κ3) is 6.44. The Kier molecular flexibility index (Phi) is 8.40. The number of ether oxygens (including phenoxy) is 2. The molecule has 41 heavy (non-hydrogen) atoms. The van der Waals surface area contributed by atoms with E-state index < -0.39 is 0 Å². The van der Waals surface area contributed by atoms with Gasteiger partial charge in [0.25, 0.3) is 17.1 Å². The van der Waals surface area contributed by atoms with Gasteiger partial charge in [-0.3, -0.25) is 19.3 Å². The van der Waals surface area contributed by atoms with Gasteiger partial charge in [0.2, 0.25) is 0 Å². The number of carbonyl (C=O) groups excluding carboxylic acids is 3. The number of anilines is 1. The van der Waals surface area contributed by atoms with Gasteiger partial charge in [0.15, 0.2) is 18.1 Å². The zero-order chi connectivity index (χ0) is 28.9. The van der Waals surface area contributed by atoms with Gasteiger partial charge < -0.3 is 14.8 Å². The Morgan fingerprint density at radius 3 is 2.51 bits per heavy atom.